The number of carbonyl (C=O) groups is 5. The topological polar surface area (TPSA) is 141 Å². The highest BCUT2D eigenvalue weighted by molar-refractivity contribution is 6.00. The Morgan fingerprint density at radius 1 is 1.04 bits per heavy atom. The van der Waals surface area contributed by atoms with Crippen molar-refractivity contribution in [2.75, 3.05) is 26.7 Å². The van der Waals surface area contributed by atoms with E-state index in [0.717, 1.165) is 48.8 Å². The number of likely N-dealkylation sites (N-methyl/N-ethyl adjacent to an activating group) is 1. The van der Waals surface area contributed by atoms with Gasteiger partial charge >= 0.3 is 12.1 Å². The number of amides is 4. The van der Waals surface area contributed by atoms with Crippen molar-refractivity contribution in [2.45, 2.75) is 97.0 Å². The number of halogens is 2. The van der Waals surface area contributed by atoms with Gasteiger partial charge in [0.05, 0.1) is 5.52 Å². The highest BCUT2D eigenvalue weighted by atomic mass is 19.2. The van der Waals surface area contributed by atoms with Crippen LogP contribution < -0.4 is 5.32 Å². The highest BCUT2D eigenvalue weighted by Gasteiger charge is 2.39. The van der Waals surface area contributed by atoms with Crippen LogP contribution in [0, 0.1) is 17.6 Å². The van der Waals surface area contributed by atoms with Crippen LogP contribution in [-0.4, -0.2) is 105 Å². The number of benzene rings is 1. The average Bonchev–Trinajstić information content (AvgIpc) is 3.33. The number of nitrogens with one attached hydrogen (secondary N) is 1. The third kappa shape index (κ3) is 8.20. The van der Waals surface area contributed by atoms with Crippen molar-refractivity contribution in [2.24, 2.45) is 5.92 Å². The summed E-state index contributed by atoms with van der Waals surface area (Å²) in [5.41, 5.74) is -0.700. The van der Waals surface area contributed by atoms with E-state index >= 15 is 0 Å². The van der Waals surface area contributed by atoms with Gasteiger partial charge in [0, 0.05) is 44.2 Å². The van der Waals surface area contributed by atoms with Gasteiger partial charge in [-0.05, 0) is 65.5 Å². The molecule has 1 saturated carbocycles. The molecule has 1 aliphatic heterocycles. The zero-order valence-corrected chi connectivity index (χ0v) is 27.8. The fraction of sp³-hybridized carbons (Fsp3) is 0.606. The van der Waals surface area contributed by atoms with Crippen LogP contribution in [0.4, 0.5) is 13.6 Å². The molecular weight excluding hydrogens is 616 g/mol. The summed E-state index contributed by atoms with van der Waals surface area (Å²) in [4.78, 5) is 69.8. The van der Waals surface area contributed by atoms with Gasteiger partial charge in [0.1, 0.15) is 29.9 Å². The Bertz CT molecular complexity index is 1530. The summed E-state index contributed by atoms with van der Waals surface area (Å²) in [6.45, 7) is 8.31. The maximum absolute atomic E-state index is 14.1. The molecule has 1 aliphatic carbocycles. The second-order valence-corrected chi connectivity index (χ2v) is 13.6. The molecule has 2 N–H and O–H groups in total. The standard InChI is InChI=1S/C33H45F2N5O7/c1-19-17-38(12-13-39(19)30(44)26-15-22-14-23(34)24(35)16-25(22)40(26)18-27(41)42)31(45)28(21-10-8-7-9-11-21)36-29(43)20(2)37(6)32(46)47-33(3,4)5/h14-16,19-21,28H,7-13,17-18H2,1-6H3,(H,36,43)(H,41,42)/t19-,20-,28-/m0/s1. The SMILES string of the molecule is C[C@@H](C(=O)N[C@H](C(=O)N1CCN(C(=O)c2cc3cc(F)c(F)cc3n2CC(=O)O)[C@@H](C)C1)C1CCCCC1)N(C)C(=O)OC(C)(C)C. The van der Waals surface area contributed by atoms with Gasteiger partial charge in [-0.3, -0.25) is 24.1 Å². The first-order valence-corrected chi connectivity index (χ1v) is 16.0. The van der Waals surface area contributed by atoms with Gasteiger partial charge in [0.25, 0.3) is 5.91 Å². The van der Waals surface area contributed by atoms with E-state index in [1.807, 2.05) is 0 Å². The summed E-state index contributed by atoms with van der Waals surface area (Å²) in [6.07, 6.45) is 3.75. The van der Waals surface area contributed by atoms with Gasteiger partial charge in [-0.25, -0.2) is 13.6 Å². The van der Waals surface area contributed by atoms with Crippen LogP contribution in [0.25, 0.3) is 10.9 Å². The largest absolute Gasteiger partial charge is 0.480 e. The molecule has 2 fully saturated rings. The first-order chi connectivity index (χ1) is 22.0. The quantitative estimate of drug-likeness (QED) is 0.436. The molecule has 4 rings (SSSR count). The van der Waals surface area contributed by atoms with E-state index in [4.69, 9.17) is 4.74 Å². The van der Waals surface area contributed by atoms with E-state index in [-0.39, 0.29) is 48.1 Å². The van der Waals surface area contributed by atoms with Crippen LogP contribution in [0.1, 0.15) is 77.2 Å². The van der Waals surface area contributed by atoms with Crippen molar-refractivity contribution in [3.05, 3.63) is 35.5 Å². The number of ether oxygens (including phenoxy) is 1. The molecule has 12 nitrogen and oxygen atoms in total. The van der Waals surface area contributed by atoms with Crippen molar-refractivity contribution in [3.8, 4) is 0 Å². The maximum Gasteiger partial charge on any atom is 0.410 e. The number of aliphatic carboxylic acids is 1. The predicted molar refractivity (Wildman–Crippen MR) is 169 cm³/mol. The molecule has 0 spiro atoms. The van der Waals surface area contributed by atoms with Gasteiger partial charge in [0.15, 0.2) is 11.6 Å². The summed E-state index contributed by atoms with van der Waals surface area (Å²) >= 11 is 0. The Hall–Kier alpha value is -4.23. The summed E-state index contributed by atoms with van der Waals surface area (Å²) in [5, 5.41) is 12.6. The average molecular weight is 662 g/mol. The van der Waals surface area contributed by atoms with Crippen LogP contribution in [0.2, 0.25) is 0 Å². The molecule has 0 radical (unpaired) electrons. The van der Waals surface area contributed by atoms with E-state index in [0.29, 0.717) is 0 Å². The maximum atomic E-state index is 14.1. The number of aromatic nitrogens is 1. The second kappa shape index (κ2) is 14.3. The van der Waals surface area contributed by atoms with Crippen LogP contribution in [0.15, 0.2) is 18.2 Å². The Morgan fingerprint density at radius 2 is 1.68 bits per heavy atom. The van der Waals surface area contributed by atoms with Gasteiger partial charge in [-0.15, -0.1) is 0 Å². The van der Waals surface area contributed by atoms with Crippen LogP contribution in [0.5, 0.6) is 0 Å². The van der Waals surface area contributed by atoms with Crippen molar-refractivity contribution < 1.29 is 42.6 Å². The summed E-state index contributed by atoms with van der Waals surface area (Å²) in [7, 11) is 1.47. The van der Waals surface area contributed by atoms with Gasteiger partial charge < -0.3 is 29.5 Å². The third-order valence-electron chi connectivity index (χ3n) is 8.98. The molecule has 1 aromatic heterocycles. The molecule has 2 aromatic rings. The molecule has 1 saturated heterocycles. The van der Waals surface area contributed by atoms with Crippen molar-refractivity contribution in [3.63, 3.8) is 0 Å². The van der Waals surface area contributed by atoms with E-state index in [2.05, 4.69) is 5.32 Å². The minimum Gasteiger partial charge on any atom is -0.480 e. The number of carboxylic acids is 1. The number of hydrogen-bond acceptors (Lipinski definition) is 6. The summed E-state index contributed by atoms with van der Waals surface area (Å²) < 4.78 is 34.6. The normalized spacial score (nSPS) is 18.9. The minimum atomic E-state index is -1.26. The van der Waals surface area contributed by atoms with Crippen molar-refractivity contribution in [1.29, 1.82) is 0 Å². The molecule has 0 bridgehead atoms. The molecule has 258 valence electrons. The molecule has 1 aromatic carbocycles. The fourth-order valence-corrected chi connectivity index (χ4v) is 6.33. The number of hydrogen-bond donors (Lipinski definition) is 2. The molecule has 0 unspecified atom stereocenters. The molecular formula is C33H45F2N5O7. The number of carbonyl (C=O) groups excluding carboxylic acids is 4. The lowest BCUT2D eigenvalue weighted by Gasteiger charge is -2.42. The Morgan fingerprint density at radius 3 is 2.28 bits per heavy atom. The number of nitrogens with zero attached hydrogens (tertiary/aromatic N) is 4. The zero-order chi connectivity index (χ0) is 34.8. The molecule has 2 aliphatic rings. The molecule has 2 heterocycles. The van der Waals surface area contributed by atoms with Gasteiger partial charge in [-0.1, -0.05) is 19.3 Å². The van der Waals surface area contributed by atoms with E-state index < -0.39 is 65.8 Å². The number of rotatable bonds is 8. The lowest BCUT2D eigenvalue weighted by molar-refractivity contribution is -0.141. The Labute approximate surface area is 273 Å². The molecule has 47 heavy (non-hydrogen) atoms. The molecule has 3 atom stereocenters. The fourth-order valence-electron chi connectivity index (χ4n) is 6.33. The summed E-state index contributed by atoms with van der Waals surface area (Å²) in [6, 6.07) is 0.913. The smallest absolute Gasteiger partial charge is 0.410 e. The minimum absolute atomic E-state index is 0.0329. The van der Waals surface area contributed by atoms with E-state index in [1.54, 1.807) is 39.5 Å². The number of piperazine rings is 1. The van der Waals surface area contributed by atoms with Crippen LogP contribution in [0.3, 0.4) is 0 Å². The number of fused-ring (bicyclic) bond motifs is 1. The Balaban J connectivity index is 1.51. The number of carboxylic acid groups (broad SMARTS) is 1. The molecule has 4 amide bonds. The van der Waals surface area contributed by atoms with Crippen LogP contribution >= 0.6 is 0 Å². The van der Waals surface area contributed by atoms with Crippen molar-refractivity contribution in [1.82, 2.24) is 24.6 Å². The molecule has 14 heteroatoms. The lowest BCUT2D eigenvalue weighted by Crippen LogP contribution is -2.61. The lowest BCUT2D eigenvalue weighted by atomic mass is 9.83. The summed E-state index contributed by atoms with van der Waals surface area (Å²) in [5.74, 6) is -4.92. The first-order valence-electron chi connectivity index (χ1n) is 16.0. The van der Waals surface area contributed by atoms with E-state index in [1.165, 1.54) is 22.9 Å². The monoisotopic (exact) mass is 661 g/mol. The van der Waals surface area contributed by atoms with Crippen LogP contribution in [-0.2, 0) is 25.7 Å². The second-order valence-electron chi connectivity index (χ2n) is 13.6. The zero-order valence-electron chi connectivity index (χ0n) is 27.8. The van der Waals surface area contributed by atoms with Crippen molar-refractivity contribution >= 4 is 40.7 Å². The van der Waals surface area contributed by atoms with E-state index in [9.17, 15) is 37.9 Å². The van der Waals surface area contributed by atoms with Gasteiger partial charge in [0.2, 0.25) is 11.8 Å². The highest BCUT2D eigenvalue weighted by Crippen LogP contribution is 2.29. The third-order valence-corrected chi connectivity index (χ3v) is 8.98. The first kappa shape index (κ1) is 35.6. The predicted octanol–water partition coefficient (Wildman–Crippen LogP) is 4.00. The van der Waals surface area contributed by atoms with Gasteiger partial charge in [-0.2, -0.15) is 0 Å². The Kier molecular flexibility index (Phi) is 10.8.